The molecular weight excluding hydrogens is 260 g/mol. The van der Waals surface area contributed by atoms with Crippen molar-refractivity contribution in [3.05, 3.63) is 61.8 Å². The number of nitro groups is 1. The highest BCUT2D eigenvalue weighted by molar-refractivity contribution is 5.52. The monoisotopic (exact) mass is 274 g/mol. The lowest BCUT2D eigenvalue weighted by molar-refractivity contribution is -0.384. The van der Waals surface area contributed by atoms with Gasteiger partial charge in [-0.05, 0) is 19.9 Å². The van der Waals surface area contributed by atoms with Gasteiger partial charge in [0.1, 0.15) is 5.82 Å². The van der Waals surface area contributed by atoms with Crippen molar-refractivity contribution in [3.8, 4) is 0 Å². The Morgan fingerprint density at radius 1 is 1.35 bits per heavy atom. The molecule has 2 aromatic rings. The first-order chi connectivity index (χ1) is 9.38. The zero-order valence-electron chi connectivity index (χ0n) is 11.2. The first kappa shape index (κ1) is 13.7. The van der Waals surface area contributed by atoms with Crippen LogP contribution >= 0.6 is 0 Å². The lowest BCUT2D eigenvalue weighted by atomic mass is 10.1. The molecule has 0 aliphatic rings. The van der Waals surface area contributed by atoms with E-state index in [4.69, 9.17) is 5.73 Å². The fourth-order valence-electron chi connectivity index (χ4n) is 1.97. The van der Waals surface area contributed by atoms with Crippen LogP contribution in [-0.2, 0) is 6.54 Å². The molecule has 1 aromatic carbocycles. The van der Waals surface area contributed by atoms with Crippen LogP contribution in [0.15, 0.2) is 29.1 Å². The van der Waals surface area contributed by atoms with Crippen molar-refractivity contribution in [2.24, 2.45) is 0 Å². The minimum absolute atomic E-state index is 0.0556. The second kappa shape index (κ2) is 5.12. The number of benzene rings is 1. The minimum Gasteiger partial charge on any atom is -0.398 e. The van der Waals surface area contributed by atoms with Crippen molar-refractivity contribution < 1.29 is 4.92 Å². The molecule has 7 heteroatoms. The van der Waals surface area contributed by atoms with Crippen LogP contribution in [-0.4, -0.2) is 14.5 Å². The summed E-state index contributed by atoms with van der Waals surface area (Å²) in [7, 11) is 0. The molecule has 0 radical (unpaired) electrons. The Hall–Kier alpha value is -2.70. The summed E-state index contributed by atoms with van der Waals surface area (Å²) in [5, 5.41) is 10.8. The molecular formula is C13H14N4O3. The summed E-state index contributed by atoms with van der Waals surface area (Å²) in [6.07, 6.45) is 0. The molecule has 0 spiro atoms. The van der Waals surface area contributed by atoms with Gasteiger partial charge in [-0.2, -0.15) is 0 Å². The molecule has 1 heterocycles. The number of aromatic nitrogens is 2. The van der Waals surface area contributed by atoms with E-state index in [9.17, 15) is 14.9 Å². The summed E-state index contributed by atoms with van der Waals surface area (Å²) in [4.78, 5) is 26.4. The van der Waals surface area contributed by atoms with E-state index in [1.807, 2.05) is 0 Å². The largest absolute Gasteiger partial charge is 0.398 e. The number of hydrogen-bond donors (Lipinski definition) is 1. The fourth-order valence-corrected chi connectivity index (χ4v) is 1.97. The van der Waals surface area contributed by atoms with Crippen LogP contribution in [0.4, 0.5) is 11.4 Å². The molecule has 2 rings (SSSR count). The van der Waals surface area contributed by atoms with Crippen LogP contribution in [0.2, 0.25) is 0 Å². The maximum absolute atomic E-state index is 11.9. The number of anilines is 1. The molecule has 0 amide bonds. The Kier molecular flexibility index (Phi) is 3.51. The standard InChI is InChI=1S/C13H14N4O3/c1-8-5-13(18)16(9(2)15-8)7-10-6-11(17(19)20)3-4-12(10)14/h3-6H,7,14H2,1-2H3. The van der Waals surface area contributed by atoms with Gasteiger partial charge in [-0.15, -0.1) is 0 Å². The highest BCUT2D eigenvalue weighted by Crippen LogP contribution is 2.20. The van der Waals surface area contributed by atoms with Crippen molar-refractivity contribution >= 4 is 11.4 Å². The topological polar surface area (TPSA) is 104 Å². The highest BCUT2D eigenvalue weighted by Gasteiger charge is 2.11. The van der Waals surface area contributed by atoms with E-state index in [1.54, 1.807) is 13.8 Å². The molecule has 1 aromatic heterocycles. The normalized spacial score (nSPS) is 10.5. The molecule has 0 atom stereocenters. The second-order valence-corrected chi connectivity index (χ2v) is 4.51. The van der Waals surface area contributed by atoms with Crippen molar-refractivity contribution in [3.63, 3.8) is 0 Å². The molecule has 0 aliphatic carbocycles. The van der Waals surface area contributed by atoms with Gasteiger partial charge in [0.05, 0.1) is 11.5 Å². The summed E-state index contributed by atoms with van der Waals surface area (Å²) >= 11 is 0. The molecule has 0 saturated heterocycles. The van der Waals surface area contributed by atoms with Gasteiger partial charge in [0.25, 0.3) is 11.2 Å². The number of nitrogen functional groups attached to an aromatic ring is 1. The third-order valence-electron chi connectivity index (χ3n) is 2.99. The molecule has 2 N–H and O–H groups in total. The second-order valence-electron chi connectivity index (χ2n) is 4.51. The number of nitrogens with two attached hydrogens (primary N) is 1. The number of nitrogens with zero attached hydrogens (tertiary/aromatic N) is 3. The quantitative estimate of drug-likeness (QED) is 0.517. The Morgan fingerprint density at radius 3 is 2.65 bits per heavy atom. The van der Waals surface area contributed by atoms with E-state index < -0.39 is 4.92 Å². The van der Waals surface area contributed by atoms with E-state index >= 15 is 0 Å². The predicted molar refractivity (Wildman–Crippen MR) is 74.6 cm³/mol. The van der Waals surface area contributed by atoms with Gasteiger partial charge in [-0.25, -0.2) is 4.98 Å². The van der Waals surface area contributed by atoms with Crippen molar-refractivity contribution in [2.75, 3.05) is 5.73 Å². The molecule has 0 aliphatic heterocycles. The number of nitro benzene ring substituents is 1. The average Bonchev–Trinajstić information content (AvgIpc) is 2.35. The lowest BCUT2D eigenvalue weighted by Crippen LogP contribution is -2.24. The van der Waals surface area contributed by atoms with E-state index in [-0.39, 0.29) is 17.8 Å². The molecule has 7 nitrogen and oxygen atoms in total. The van der Waals surface area contributed by atoms with Gasteiger partial charge >= 0.3 is 0 Å². The minimum atomic E-state index is -0.494. The Balaban J connectivity index is 2.47. The van der Waals surface area contributed by atoms with Crippen LogP contribution in [0.25, 0.3) is 0 Å². The number of non-ortho nitro benzene ring substituents is 1. The fraction of sp³-hybridized carbons (Fsp3) is 0.231. The van der Waals surface area contributed by atoms with E-state index in [0.717, 1.165) is 0 Å². The summed E-state index contributed by atoms with van der Waals surface area (Å²) in [5.74, 6) is 0.543. The van der Waals surface area contributed by atoms with Crippen molar-refractivity contribution in [2.45, 2.75) is 20.4 Å². The van der Waals surface area contributed by atoms with Gasteiger partial charge in [-0.3, -0.25) is 19.5 Å². The van der Waals surface area contributed by atoms with E-state index in [0.29, 0.717) is 22.8 Å². The summed E-state index contributed by atoms with van der Waals surface area (Å²) in [6.45, 7) is 3.61. The van der Waals surface area contributed by atoms with Gasteiger partial charge in [0.15, 0.2) is 0 Å². The molecule has 0 unspecified atom stereocenters. The molecule has 0 bridgehead atoms. The first-order valence-corrected chi connectivity index (χ1v) is 5.96. The van der Waals surface area contributed by atoms with Crippen LogP contribution in [0.3, 0.4) is 0 Å². The Labute approximate surface area is 114 Å². The SMILES string of the molecule is Cc1cc(=O)n(Cc2cc([N+](=O)[O-])ccc2N)c(C)n1. The summed E-state index contributed by atoms with van der Waals surface area (Å²) < 4.78 is 1.43. The Bertz CT molecular complexity index is 737. The van der Waals surface area contributed by atoms with Crippen LogP contribution < -0.4 is 11.3 Å². The van der Waals surface area contributed by atoms with Gasteiger partial charge in [0, 0.05) is 35.1 Å². The van der Waals surface area contributed by atoms with Crippen LogP contribution in [0, 0.1) is 24.0 Å². The molecule has 20 heavy (non-hydrogen) atoms. The van der Waals surface area contributed by atoms with Crippen LogP contribution in [0.5, 0.6) is 0 Å². The maximum Gasteiger partial charge on any atom is 0.269 e. The predicted octanol–water partition coefficient (Wildman–Crippen LogP) is 1.40. The maximum atomic E-state index is 11.9. The lowest BCUT2D eigenvalue weighted by Gasteiger charge is -2.11. The van der Waals surface area contributed by atoms with Gasteiger partial charge in [0.2, 0.25) is 0 Å². The zero-order valence-corrected chi connectivity index (χ0v) is 11.2. The number of aryl methyl sites for hydroxylation is 2. The van der Waals surface area contributed by atoms with Gasteiger partial charge in [-0.1, -0.05) is 0 Å². The van der Waals surface area contributed by atoms with E-state index in [1.165, 1.54) is 28.8 Å². The molecule has 104 valence electrons. The average molecular weight is 274 g/mol. The summed E-state index contributed by atoms with van der Waals surface area (Å²) in [5.41, 5.74) is 7.11. The van der Waals surface area contributed by atoms with Crippen LogP contribution in [0.1, 0.15) is 17.1 Å². The summed E-state index contributed by atoms with van der Waals surface area (Å²) in [6, 6.07) is 5.60. The van der Waals surface area contributed by atoms with E-state index in [2.05, 4.69) is 4.98 Å². The molecule has 0 saturated carbocycles. The third-order valence-corrected chi connectivity index (χ3v) is 2.99. The smallest absolute Gasteiger partial charge is 0.269 e. The zero-order chi connectivity index (χ0) is 14.9. The number of rotatable bonds is 3. The highest BCUT2D eigenvalue weighted by atomic mass is 16.6. The number of hydrogen-bond acceptors (Lipinski definition) is 5. The van der Waals surface area contributed by atoms with Crippen molar-refractivity contribution in [1.29, 1.82) is 0 Å². The van der Waals surface area contributed by atoms with Gasteiger partial charge < -0.3 is 5.73 Å². The molecule has 0 fully saturated rings. The first-order valence-electron chi connectivity index (χ1n) is 5.96. The van der Waals surface area contributed by atoms with Crippen molar-refractivity contribution in [1.82, 2.24) is 9.55 Å². The Morgan fingerprint density at radius 2 is 2.05 bits per heavy atom. The third kappa shape index (κ3) is 2.66.